The minimum Gasteiger partial charge on any atom is -0.0654 e. The Morgan fingerprint density at radius 3 is 2.30 bits per heavy atom. The second-order valence-corrected chi connectivity index (χ2v) is 11.3. The molecule has 3 aliphatic carbocycles. The number of aryl methyl sites for hydroxylation is 2. The van der Waals surface area contributed by atoms with Gasteiger partial charge in [0.2, 0.25) is 0 Å². The summed E-state index contributed by atoms with van der Waals surface area (Å²) >= 11 is 0. The van der Waals surface area contributed by atoms with E-state index in [9.17, 15) is 0 Å². The smallest absolute Gasteiger partial charge is 0.0245 e. The van der Waals surface area contributed by atoms with Crippen molar-refractivity contribution in [3.63, 3.8) is 0 Å². The Morgan fingerprint density at radius 1 is 0.700 bits per heavy atom. The molecule has 0 heteroatoms. The quantitative estimate of drug-likeness (QED) is 0.358. The van der Waals surface area contributed by atoms with E-state index < -0.39 is 0 Å². The Kier molecular flexibility index (Phi) is 8.36. The van der Waals surface area contributed by atoms with Gasteiger partial charge in [-0.15, -0.1) is 0 Å². The Bertz CT molecular complexity index is 643. The third kappa shape index (κ3) is 5.72. The first-order valence-electron chi connectivity index (χ1n) is 13.9. The lowest BCUT2D eigenvalue weighted by Crippen LogP contribution is -2.35. The molecular weight excluding hydrogens is 360 g/mol. The van der Waals surface area contributed by atoms with Crippen molar-refractivity contribution in [2.45, 2.75) is 123 Å². The highest BCUT2D eigenvalue weighted by Crippen LogP contribution is 2.49. The number of rotatable bonds is 9. The number of benzene rings is 1. The van der Waals surface area contributed by atoms with Gasteiger partial charge in [0.05, 0.1) is 0 Å². The monoisotopic (exact) mass is 408 g/mol. The number of fused-ring (bicyclic) bond motifs is 2. The molecule has 2 saturated carbocycles. The largest absolute Gasteiger partial charge is 0.0654 e. The van der Waals surface area contributed by atoms with Gasteiger partial charge in [0.1, 0.15) is 0 Å². The Hall–Kier alpha value is -0.780. The Morgan fingerprint density at radius 2 is 1.47 bits per heavy atom. The van der Waals surface area contributed by atoms with E-state index in [4.69, 9.17) is 0 Å². The van der Waals surface area contributed by atoms with E-state index >= 15 is 0 Å². The van der Waals surface area contributed by atoms with Crippen LogP contribution in [0.1, 0.15) is 120 Å². The molecule has 5 atom stereocenters. The number of hydrogen-bond donors (Lipinski definition) is 0. The molecule has 0 saturated heterocycles. The third-order valence-corrected chi connectivity index (χ3v) is 9.25. The molecule has 30 heavy (non-hydrogen) atoms. The van der Waals surface area contributed by atoms with Crippen LogP contribution in [0.25, 0.3) is 0 Å². The van der Waals surface area contributed by atoms with Crippen LogP contribution in [-0.4, -0.2) is 0 Å². The molecular formula is C30H48. The summed E-state index contributed by atoms with van der Waals surface area (Å²) in [5.41, 5.74) is 4.97. The molecule has 0 heterocycles. The third-order valence-electron chi connectivity index (χ3n) is 9.25. The van der Waals surface area contributed by atoms with Gasteiger partial charge in [0.15, 0.2) is 0 Å². The van der Waals surface area contributed by atoms with E-state index in [1.165, 1.54) is 77.0 Å². The molecule has 0 nitrogen and oxygen atoms in total. The summed E-state index contributed by atoms with van der Waals surface area (Å²) in [6, 6.07) is 7.50. The minimum absolute atomic E-state index is 0.978. The van der Waals surface area contributed by atoms with Crippen LogP contribution in [0.15, 0.2) is 18.2 Å². The van der Waals surface area contributed by atoms with E-state index in [0.717, 1.165) is 29.6 Å². The van der Waals surface area contributed by atoms with E-state index in [1.807, 2.05) is 0 Å². The number of hydrogen-bond acceptors (Lipinski definition) is 0. The maximum atomic E-state index is 2.56. The molecule has 3 aliphatic rings. The summed E-state index contributed by atoms with van der Waals surface area (Å²) < 4.78 is 0. The fraction of sp³-hybridized carbons (Fsp3) is 0.800. The van der Waals surface area contributed by atoms with Crippen LogP contribution in [0.3, 0.4) is 0 Å². The van der Waals surface area contributed by atoms with Crippen molar-refractivity contribution >= 4 is 0 Å². The van der Waals surface area contributed by atoms with Gasteiger partial charge in [-0.25, -0.2) is 0 Å². The number of unbranched alkanes of at least 4 members (excludes halogenated alkanes) is 4. The highest BCUT2D eigenvalue weighted by Gasteiger charge is 2.38. The summed E-state index contributed by atoms with van der Waals surface area (Å²) in [5, 5.41) is 0. The predicted molar refractivity (Wildman–Crippen MR) is 131 cm³/mol. The average molecular weight is 409 g/mol. The van der Waals surface area contributed by atoms with Gasteiger partial charge in [0, 0.05) is 0 Å². The average Bonchev–Trinajstić information content (AvgIpc) is 2.79. The zero-order valence-electron chi connectivity index (χ0n) is 20.1. The molecule has 168 valence electrons. The van der Waals surface area contributed by atoms with E-state index in [1.54, 1.807) is 48.8 Å². The van der Waals surface area contributed by atoms with Crippen LogP contribution in [-0.2, 0) is 19.3 Å². The van der Waals surface area contributed by atoms with Crippen molar-refractivity contribution in [3.05, 3.63) is 34.9 Å². The van der Waals surface area contributed by atoms with Crippen LogP contribution in [0.2, 0.25) is 0 Å². The maximum Gasteiger partial charge on any atom is -0.0245 e. The lowest BCUT2D eigenvalue weighted by atomic mass is 9.61. The van der Waals surface area contributed by atoms with Gasteiger partial charge < -0.3 is 0 Å². The van der Waals surface area contributed by atoms with Gasteiger partial charge in [-0.3, -0.25) is 0 Å². The van der Waals surface area contributed by atoms with Crippen molar-refractivity contribution in [1.82, 2.24) is 0 Å². The van der Waals surface area contributed by atoms with E-state index in [2.05, 4.69) is 32.0 Å². The highest BCUT2D eigenvalue weighted by atomic mass is 14.4. The molecule has 0 aromatic heterocycles. The summed E-state index contributed by atoms with van der Waals surface area (Å²) in [5.74, 6) is 5.24. The van der Waals surface area contributed by atoms with Crippen molar-refractivity contribution in [3.8, 4) is 0 Å². The van der Waals surface area contributed by atoms with Crippen LogP contribution < -0.4 is 0 Å². The molecule has 0 N–H and O–H groups in total. The zero-order chi connectivity index (χ0) is 20.8. The molecule has 3 unspecified atom stereocenters. The first-order valence-corrected chi connectivity index (χ1v) is 13.9. The normalized spacial score (nSPS) is 31.2. The summed E-state index contributed by atoms with van der Waals surface area (Å²) in [4.78, 5) is 0. The molecule has 1 aromatic rings. The SMILES string of the molecule is CCCCCC[C@@H]1CC[C@@H]2CC(C3CCc4cc(CCCC)ccc4C3)CCC2C1. The van der Waals surface area contributed by atoms with Crippen LogP contribution >= 0.6 is 0 Å². The molecule has 0 amide bonds. The van der Waals surface area contributed by atoms with Gasteiger partial charge in [-0.2, -0.15) is 0 Å². The first kappa shape index (κ1) is 22.4. The minimum atomic E-state index is 0.978. The topological polar surface area (TPSA) is 0 Å². The van der Waals surface area contributed by atoms with Crippen LogP contribution in [0.4, 0.5) is 0 Å². The van der Waals surface area contributed by atoms with Gasteiger partial charge in [-0.1, -0.05) is 77.0 Å². The van der Waals surface area contributed by atoms with Crippen molar-refractivity contribution in [1.29, 1.82) is 0 Å². The van der Waals surface area contributed by atoms with Crippen molar-refractivity contribution in [2.24, 2.45) is 29.6 Å². The Labute approximate surface area is 187 Å². The van der Waals surface area contributed by atoms with E-state index in [-0.39, 0.29) is 0 Å². The summed E-state index contributed by atoms with van der Waals surface area (Å²) in [7, 11) is 0. The first-order chi connectivity index (χ1) is 14.8. The molecule has 0 bridgehead atoms. The fourth-order valence-electron chi connectivity index (χ4n) is 7.35. The predicted octanol–water partition coefficient (Wildman–Crippen LogP) is 8.94. The van der Waals surface area contributed by atoms with Crippen LogP contribution in [0, 0.1) is 29.6 Å². The van der Waals surface area contributed by atoms with Gasteiger partial charge >= 0.3 is 0 Å². The highest BCUT2D eigenvalue weighted by molar-refractivity contribution is 5.34. The molecule has 4 rings (SSSR count). The fourth-order valence-corrected chi connectivity index (χ4v) is 7.35. The maximum absolute atomic E-state index is 2.56. The van der Waals surface area contributed by atoms with Gasteiger partial charge in [0.25, 0.3) is 0 Å². The lowest BCUT2D eigenvalue weighted by molar-refractivity contribution is 0.0690. The Balaban J connectivity index is 1.26. The second-order valence-electron chi connectivity index (χ2n) is 11.3. The van der Waals surface area contributed by atoms with Crippen LogP contribution in [0.5, 0.6) is 0 Å². The summed E-state index contributed by atoms with van der Waals surface area (Å²) in [6.07, 6.45) is 24.8. The molecule has 0 aliphatic heterocycles. The molecule has 0 spiro atoms. The molecule has 0 radical (unpaired) electrons. The zero-order valence-corrected chi connectivity index (χ0v) is 20.1. The van der Waals surface area contributed by atoms with Gasteiger partial charge in [-0.05, 0) is 110 Å². The van der Waals surface area contributed by atoms with Crippen molar-refractivity contribution in [2.75, 3.05) is 0 Å². The standard InChI is InChI=1S/C30H48/c1-3-5-7-8-10-24-12-14-28-22-30(18-16-26(28)20-24)29-17-15-25-19-23(9-6-4-2)11-13-27(25)21-29/h11,13,19,24,26,28-30H,3-10,12,14-18,20-22H2,1-2H3/t24-,26?,28-,29?,30?/m1/s1. The summed E-state index contributed by atoms with van der Waals surface area (Å²) in [6.45, 7) is 4.64. The van der Waals surface area contributed by atoms with E-state index in [0.29, 0.717) is 0 Å². The lowest BCUT2D eigenvalue weighted by Gasteiger charge is -2.45. The molecule has 1 aromatic carbocycles. The molecule has 2 fully saturated rings. The second kappa shape index (κ2) is 11.2. The van der Waals surface area contributed by atoms with Crippen molar-refractivity contribution < 1.29 is 0 Å².